The number of pyridine rings is 1. The first kappa shape index (κ1) is 18.0. The van der Waals surface area contributed by atoms with Gasteiger partial charge >= 0.3 is 0 Å². The van der Waals surface area contributed by atoms with Crippen LogP contribution in [0.5, 0.6) is 0 Å². The number of amides is 2. The van der Waals surface area contributed by atoms with Crippen LogP contribution in [0.2, 0.25) is 0 Å². The Morgan fingerprint density at radius 3 is 2.62 bits per heavy atom. The summed E-state index contributed by atoms with van der Waals surface area (Å²) in [6, 6.07) is 6.17. The number of hydrogen-bond acceptors (Lipinski definition) is 5. The smallest absolute Gasteiger partial charge is 0.287 e. The molecule has 7 nitrogen and oxygen atoms in total. The molecule has 2 aromatic heterocycles. The molecule has 4 N–H and O–H groups in total. The third-order valence-electron chi connectivity index (χ3n) is 4.81. The molecule has 2 aromatic rings. The van der Waals surface area contributed by atoms with Gasteiger partial charge in [0, 0.05) is 7.05 Å². The van der Waals surface area contributed by atoms with Gasteiger partial charge in [-0.05, 0) is 43.0 Å². The first-order valence-corrected chi connectivity index (χ1v) is 8.92. The standard InChI is InChI=1S/C19H24N4O3/c1-21-19(25)17(12-5-3-2-4-6-12)23-18(24)16-10-9-15(26-16)14-8-7-13(20)11-22-14/h7-12,17H,2-6,20H2,1H3,(H,21,25)(H,23,24)/t17-/m0/s1. The summed E-state index contributed by atoms with van der Waals surface area (Å²) in [5, 5.41) is 5.49. The van der Waals surface area contributed by atoms with Crippen LogP contribution >= 0.6 is 0 Å². The number of nitrogens with two attached hydrogens (primary N) is 1. The maximum absolute atomic E-state index is 12.6. The molecule has 7 heteroatoms. The molecule has 1 saturated carbocycles. The van der Waals surface area contributed by atoms with Crippen molar-refractivity contribution < 1.29 is 14.0 Å². The summed E-state index contributed by atoms with van der Waals surface area (Å²) in [4.78, 5) is 29.0. The maximum atomic E-state index is 12.6. The molecule has 1 aliphatic carbocycles. The van der Waals surface area contributed by atoms with Crippen LogP contribution in [0.4, 0.5) is 5.69 Å². The molecule has 0 spiro atoms. The van der Waals surface area contributed by atoms with E-state index in [1.165, 1.54) is 12.6 Å². The van der Waals surface area contributed by atoms with E-state index in [2.05, 4.69) is 15.6 Å². The van der Waals surface area contributed by atoms with Crippen molar-refractivity contribution in [1.29, 1.82) is 0 Å². The summed E-state index contributed by atoms with van der Waals surface area (Å²) in [5.74, 6) is 0.219. The van der Waals surface area contributed by atoms with Crippen molar-refractivity contribution in [2.45, 2.75) is 38.1 Å². The monoisotopic (exact) mass is 356 g/mol. The molecular weight excluding hydrogens is 332 g/mol. The Balaban J connectivity index is 1.73. The van der Waals surface area contributed by atoms with Gasteiger partial charge in [0.2, 0.25) is 5.91 Å². The fraction of sp³-hybridized carbons (Fsp3) is 0.421. The van der Waals surface area contributed by atoms with Crippen LogP contribution in [0.25, 0.3) is 11.5 Å². The first-order chi connectivity index (χ1) is 12.6. The second kappa shape index (κ2) is 8.03. The van der Waals surface area contributed by atoms with Crippen LogP contribution in [0.1, 0.15) is 42.7 Å². The molecule has 0 radical (unpaired) electrons. The predicted octanol–water partition coefficient (Wildman–Crippen LogP) is 2.35. The average molecular weight is 356 g/mol. The van der Waals surface area contributed by atoms with Gasteiger partial charge < -0.3 is 20.8 Å². The van der Waals surface area contributed by atoms with Crippen molar-refractivity contribution >= 4 is 17.5 Å². The van der Waals surface area contributed by atoms with E-state index < -0.39 is 11.9 Å². The topological polar surface area (TPSA) is 110 Å². The number of nitrogen functional groups attached to an aromatic ring is 1. The predicted molar refractivity (Wildman–Crippen MR) is 98.2 cm³/mol. The zero-order valence-corrected chi connectivity index (χ0v) is 14.8. The highest BCUT2D eigenvalue weighted by molar-refractivity contribution is 5.96. The highest BCUT2D eigenvalue weighted by Crippen LogP contribution is 2.27. The number of anilines is 1. The number of aromatic nitrogens is 1. The van der Waals surface area contributed by atoms with E-state index >= 15 is 0 Å². The Bertz CT molecular complexity index is 763. The molecule has 26 heavy (non-hydrogen) atoms. The fourth-order valence-electron chi connectivity index (χ4n) is 3.38. The highest BCUT2D eigenvalue weighted by Gasteiger charge is 2.31. The minimum absolute atomic E-state index is 0.154. The third-order valence-corrected chi connectivity index (χ3v) is 4.81. The van der Waals surface area contributed by atoms with Gasteiger partial charge in [-0.25, -0.2) is 0 Å². The minimum Gasteiger partial charge on any atom is -0.449 e. The van der Waals surface area contributed by atoms with Gasteiger partial charge in [0.15, 0.2) is 11.5 Å². The van der Waals surface area contributed by atoms with Crippen molar-refractivity contribution in [3.8, 4) is 11.5 Å². The van der Waals surface area contributed by atoms with Gasteiger partial charge in [0.1, 0.15) is 11.7 Å². The zero-order chi connectivity index (χ0) is 18.5. The molecule has 1 fully saturated rings. The lowest BCUT2D eigenvalue weighted by molar-refractivity contribution is -0.124. The fourth-order valence-corrected chi connectivity index (χ4v) is 3.38. The molecule has 0 aromatic carbocycles. The van der Waals surface area contributed by atoms with Crippen molar-refractivity contribution in [3.05, 3.63) is 36.2 Å². The van der Waals surface area contributed by atoms with E-state index in [-0.39, 0.29) is 17.6 Å². The van der Waals surface area contributed by atoms with Gasteiger partial charge in [-0.1, -0.05) is 19.3 Å². The Hall–Kier alpha value is -2.83. The SMILES string of the molecule is CNC(=O)[C@@H](NC(=O)c1ccc(-c2ccc(N)cn2)o1)C1CCCCC1. The van der Waals surface area contributed by atoms with E-state index in [0.29, 0.717) is 17.1 Å². The number of carbonyl (C=O) groups is 2. The maximum Gasteiger partial charge on any atom is 0.287 e. The summed E-state index contributed by atoms with van der Waals surface area (Å²) >= 11 is 0. The van der Waals surface area contributed by atoms with Crippen molar-refractivity contribution in [2.24, 2.45) is 5.92 Å². The number of nitrogens with zero attached hydrogens (tertiary/aromatic N) is 1. The highest BCUT2D eigenvalue weighted by atomic mass is 16.4. The quantitative estimate of drug-likeness (QED) is 0.762. The van der Waals surface area contributed by atoms with Crippen LogP contribution in [0, 0.1) is 5.92 Å². The lowest BCUT2D eigenvalue weighted by atomic mass is 9.83. The molecule has 1 aliphatic rings. The number of hydrogen-bond donors (Lipinski definition) is 3. The summed E-state index contributed by atoms with van der Waals surface area (Å²) in [6.07, 6.45) is 6.76. The van der Waals surface area contributed by atoms with Gasteiger partial charge in [-0.15, -0.1) is 0 Å². The van der Waals surface area contributed by atoms with Crippen molar-refractivity contribution in [1.82, 2.24) is 15.6 Å². The Morgan fingerprint density at radius 1 is 1.19 bits per heavy atom. The molecule has 0 bridgehead atoms. The average Bonchev–Trinajstić information content (AvgIpc) is 3.17. The van der Waals surface area contributed by atoms with E-state index in [1.807, 2.05) is 0 Å². The molecule has 0 aliphatic heterocycles. The second-order valence-electron chi connectivity index (χ2n) is 6.60. The third kappa shape index (κ3) is 4.04. The molecule has 0 unspecified atom stereocenters. The van der Waals surface area contributed by atoms with Gasteiger partial charge in [-0.2, -0.15) is 0 Å². The number of nitrogens with one attached hydrogen (secondary N) is 2. The van der Waals surface area contributed by atoms with Crippen molar-refractivity contribution in [2.75, 3.05) is 12.8 Å². The molecule has 138 valence electrons. The van der Waals surface area contributed by atoms with Crippen LogP contribution in [0.3, 0.4) is 0 Å². The zero-order valence-electron chi connectivity index (χ0n) is 14.8. The van der Waals surface area contributed by atoms with E-state index in [1.54, 1.807) is 31.3 Å². The lowest BCUT2D eigenvalue weighted by Crippen LogP contribution is -2.50. The Kier molecular flexibility index (Phi) is 5.55. The molecular formula is C19H24N4O3. The number of rotatable bonds is 5. The van der Waals surface area contributed by atoms with Gasteiger partial charge in [-0.3, -0.25) is 14.6 Å². The summed E-state index contributed by atoms with van der Waals surface area (Å²) in [7, 11) is 1.59. The second-order valence-corrected chi connectivity index (χ2v) is 6.60. The largest absolute Gasteiger partial charge is 0.449 e. The van der Waals surface area contributed by atoms with E-state index in [0.717, 1.165) is 25.7 Å². The number of carbonyl (C=O) groups excluding carboxylic acids is 2. The van der Waals surface area contributed by atoms with Crippen LogP contribution in [0.15, 0.2) is 34.9 Å². The number of furan rings is 1. The van der Waals surface area contributed by atoms with E-state index in [4.69, 9.17) is 10.2 Å². The molecule has 2 heterocycles. The Morgan fingerprint density at radius 2 is 1.96 bits per heavy atom. The van der Waals surface area contributed by atoms with Crippen molar-refractivity contribution in [3.63, 3.8) is 0 Å². The van der Waals surface area contributed by atoms with E-state index in [9.17, 15) is 9.59 Å². The Labute approximate surface area is 152 Å². The van der Waals surface area contributed by atoms with Crippen LogP contribution < -0.4 is 16.4 Å². The van der Waals surface area contributed by atoms with Gasteiger partial charge in [0.25, 0.3) is 5.91 Å². The summed E-state index contributed by atoms with van der Waals surface area (Å²) in [5.41, 5.74) is 6.78. The summed E-state index contributed by atoms with van der Waals surface area (Å²) in [6.45, 7) is 0. The molecule has 0 saturated heterocycles. The first-order valence-electron chi connectivity index (χ1n) is 8.92. The van der Waals surface area contributed by atoms with Crippen LogP contribution in [-0.4, -0.2) is 29.9 Å². The normalized spacial score (nSPS) is 16.0. The number of likely N-dealkylation sites (N-methyl/N-ethyl adjacent to an activating group) is 1. The van der Waals surface area contributed by atoms with Gasteiger partial charge in [0.05, 0.1) is 11.9 Å². The minimum atomic E-state index is -0.545. The molecule has 3 rings (SSSR count). The van der Waals surface area contributed by atoms with Crippen LogP contribution in [-0.2, 0) is 4.79 Å². The lowest BCUT2D eigenvalue weighted by Gasteiger charge is -2.29. The molecule has 2 amide bonds. The molecule has 1 atom stereocenters. The summed E-state index contributed by atoms with van der Waals surface area (Å²) < 4.78 is 5.63.